The van der Waals surface area contributed by atoms with Gasteiger partial charge in [-0.3, -0.25) is 4.79 Å². The van der Waals surface area contributed by atoms with Crippen molar-refractivity contribution in [2.24, 2.45) is 11.8 Å². The molecular formula is C22H33N3O. The van der Waals surface area contributed by atoms with Crippen LogP contribution in [0.3, 0.4) is 0 Å². The molecule has 2 fully saturated rings. The first-order valence-electron chi connectivity index (χ1n) is 9.94. The van der Waals surface area contributed by atoms with Gasteiger partial charge in [0, 0.05) is 38.4 Å². The van der Waals surface area contributed by atoms with Crippen LogP contribution in [0.2, 0.25) is 0 Å². The molecule has 4 nitrogen and oxygen atoms in total. The molecule has 26 heavy (non-hydrogen) atoms. The Kier molecular flexibility index (Phi) is 6.36. The predicted molar refractivity (Wildman–Crippen MR) is 110 cm³/mol. The zero-order chi connectivity index (χ0) is 18.5. The lowest BCUT2D eigenvalue weighted by molar-refractivity contribution is 0.112. The summed E-state index contributed by atoms with van der Waals surface area (Å²) in [5.74, 6) is 1.81. The molecule has 0 bridgehead atoms. The van der Waals surface area contributed by atoms with Crippen molar-refractivity contribution in [3.05, 3.63) is 35.5 Å². The highest BCUT2D eigenvalue weighted by Crippen LogP contribution is 2.34. The molecule has 0 saturated carbocycles. The maximum atomic E-state index is 11.3. The third-order valence-electron chi connectivity index (χ3n) is 6.08. The van der Waals surface area contributed by atoms with Crippen molar-refractivity contribution in [3.63, 3.8) is 0 Å². The topological polar surface area (TPSA) is 26.8 Å². The molecule has 2 aliphatic rings. The Balaban J connectivity index is 1.63. The molecule has 4 heteroatoms. The minimum Gasteiger partial charge on any atom is -0.383 e. The van der Waals surface area contributed by atoms with Gasteiger partial charge in [-0.15, -0.1) is 0 Å². The van der Waals surface area contributed by atoms with Crippen molar-refractivity contribution in [3.8, 4) is 0 Å². The van der Waals surface area contributed by atoms with Crippen LogP contribution in [0.4, 0.5) is 5.69 Å². The van der Waals surface area contributed by atoms with Crippen LogP contribution in [0, 0.1) is 11.8 Å². The number of nitrogens with zero attached hydrogens (tertiary/aromatic N) is 3. The Morgan fingerprint density at radius 2 is 1.58 bits per heavy atom. The minimum absolute atomic E-state index is 0.757. The van der Waals surface area contributed by atoms with Gasteiger partial charge in [0.15, 0.2) is 6.29 Å². The lowest BCUT2D eigenvalue weighted by Gasteiger charge is -2.40. The van der Waals surface area contributed by atoms with Gasteiger partial charge in [-0.25, -0.2) is 0 Å². The standard InChI is InChI=1S/C22H33N3O/c1-23(2)11-6-20-16-22(5-4-21(20)17-26)25-14-9-19(10-15-25)18-7-12-24(3)13-8-18/h4-6,11,16-19H,7-10,12-15H2,1-3H3/b11-6-. The van der Waals surface area contributed by atoms with E-state index in [1.807, 2.05) is 37.3 Å². The molecule has 0 unspecified atom stereocenters. The second kappa shape index (κ2) is 8.72. The molecule has 0 N–H and O–H groups in total. The van der Waals surface area contributed by atoms with Gasteiger partial charge in [0.05, 0.1) is 0 Å². The van der Waals surface area contributed by atoms with E-state index < -0.39 is 0 Å². The van der Waals surface area contributed by atoms with Crippen LogP contribution in [-0.2, 0) is 0 Å². The highest BCUT2D eigenvalue weighted by molar-refractivity contribution is 5.83. The molecule has 2 aliphatic heterocycles. The monoisotopic (exact) mass is 355 g/mol. The van der Waals surface area contributed by atoms with Crippen molar-refractivity contribution >= 4 is 18.0 Å². The normalized spacial score (nSPS) is 20.7. The summed E-state index contributed by atoms with van der Waals surface area (Å²) in [5.41, 5.74) is 3.01. The van der Waals surface area contributed by atoms with Crippen molar-refractivity contribution in [2.75, 3.05) is 52.2 Å². The molecule has 142 valence electrons. The number of aldehydes is 1. The van der Waals surface area contributed by atoms with E-state index in [4.69, 9.17) is 0 Å². The summed E-state index contributed by atoms with van der Waals surface area (Å²) in [4.78, 5) is 18.3. The molecule has 0 radical (unpaired) electrons. The maximum absolute atomic E-state index is 11.3. The number of carbonyl (C=O) groups excluding carboxylic acids is 1. The quantitative estimate of drug-likeness (QED) is 0.754. The SMILES string of the molecule is CN(C)/C=C\c1cc(N2CCC(C3CCN(C)CC3)CC2)ccc1C=O. The van der Waals surface area contributed by atoms with Crippen molar-refractivity contribution in [1.82, 2.24) is 9.80 Å². The molecule has 0 amide bonds. The summed E-state index contributed by atoms with van der Waals surface area (Å²) in [5, 5.41) is 0. The Labute approximate surface area is 158 Å². The first-order valence-corrected chi connectivity index (χ1v) is 9.94. The maximum Gasteiger partial charge on any atom is 0.150 e. The Morgan fingerprint density at radius 3 is 2.15 bits per heavy atom. The van der Waals surface area contributed by atoms with E-state index >= 15 is 0 Å². The van der Waals surface area contributed by atoms with Gasteiger partial charge < -0.3 is 14.7 Å². The number of likely N-dealkylation sites (tertiary alicyclic amines) is 1. The summed E-state index contributed by atoms with van der Waals surface area (Å²) in [7, 11) is 6.23. The molecule has 0 aliphatic carbocycles. The van der Waals surface area contributed by atoms with Crippen LogP contribution in [0.25, 0.3) is 6.08 Å². The van der Waals surface area contributed by atoms with Gasteiger partial charge in [-0.1, -0.05) is 0 Å². The summed E-state index contributed by atoms with van der Waals surface area (Å²) in [6, 6.07) is 6.23. The lowest BCUT2D eigenvalue weighted by Crippen LogP contribution is -2.39. The Morgan fingerprint density at radius 1 is 0.962 bits per heavy atom. The van der Waals surface area contributed by atoms with Crippen molar-refractivity contribution in [1.29, 1.82) is 0 Å². The minimum atomic E-state index is 0.757. The molecule has 2 heterocycles. The van der Waals surface area contributed by atoms with E-state index in [0.717, 1.165) is 42.3 Å². The second-order valence-corrected chi connectivity index (χ2v) is 8.18. The number of hydrogen-bond acceptors (Lipinski definition) is 4. The van der Waals surface area contributed by atoms with Gasteiger partial charge >= 0.3 is 0 Å². The predicted octanol–water partition coefficient (Wildman–Crippen LogP) is 3.59. The molecule has 1 aromatic carbocycles. The fraction of sp³-hybridized carbons (Fsp3) is 0.591. The number of hydrogen-bond donors (Lipinski definition) is 0. The molecule has 0 aromatic heterocycles. The van der Waals surface area contributed by atoms with Gasteiger partial charge in [-0.2, -0.15) is 0 Å². The van der Waals surface area contributed by atoms with Crippen LogP contribution in [-0.4, -0.2) is 63.4 Å². The summed E-state index contributed by atoms with van der Waals surface area (Å²) >= 11 is 0. The first kappa shape index (κ1) is 19.0. The molecule has 0 spiro atoms. The van der Waals surface area contributed by atoms with Gasteiger partial charge in [-0.05, 0) is 93.7 Å². The number of rotatable bonds is 5. The van der Waals surface area contributed by atoms with E-state index in [2.05, 4.69) is 29.0 Å². The number of benzene rings is 1. The Bertz CT molecular complexity index is 624. The average Bonchev–Trinajstić information content (AvgIpc) is 2.67. The van der Waals surface area contributed by atoms with Crippen molar-refractivity contribution in [2.45, 2.75) is 25.7 Å². The summed E-state index contributed by atoms with van der Waals surface area (Å²) in [6.45, 7) is 4.79. The van der Waals surface area contributed by atoms with Crippen LogP contribution < -0.4 is 4.90 Å². The zero-order valence-corrected chi connectivity index (χ0v) is 16.5. The highest BCUT2D eigenvalue weighted by atomic mass is 16.1. The van der Waals surface area contributed by atoms with Gasteiger partial charge in [0.25, 0.3) is 0 Å². The largest absolute Gasteiger partial charge is 0.383 e. The van der Waals surface area contributed by atoms with E-state index in [9.17, 15) is 4.79 Å². The second-order valence-electron chi connectivity index (χ2n) is 8.18. The van der Waals surface area contributed by atoms with Crippen LogP contribution in [0.1, 0.15) is 41.6 Å². The summed E-state index contributed by atoms with van der Waals surface area (Å²) < 4.78 is 0. The first-order chi connectivity index (χ1) is 12.6. The van der Waals surface area contributed by atoms with E-state index in [0.29, 0.717) is 0 Å². The van der Waals surface area contributed by atoms with Crippen LogP contribution in [0.5, 0.6) is 0 Å². The van der Waals surface area contributed by atoms with Gasteiger partial charge in [0.1, 0.15) is 0 Å². The molecule has 1 aromatic rings. The van der Waals surface area contributed by atoms with E-state index in [1.165, 1.54) is 44.5 Å². The lowest BCUT2D eigenvalue weighted by atomic mass is 9.79. The van der Waals surface area contributed by atoms with Crippen LogP contribution >= 0.6 is 0 Å². The van der Waals surface area contributed by atoms with Crippen LogP contribution in [0.15, 0.2) is 24.4 Å². The molecule has 0 atom stereocenters. The number of carbonyl (C=O) groups is 1. The third kappa shape index (κ3) is 4.67. The highest BCUT2D eigenvalue weighted by Gasteiger charge is 2.28. The average molecular weight is 356 g/mol. The number of anilines is 1. The third-order valence-corrected chi connectivity index (χ3v) is 6.08. The molecule has 2 saturated heterocycles. The summed E-state index contributed by atoms with van der Waals surface area (Å²) in [6.07, 6.45) is 10.3. The van der Waals surface area contributed by atoms with E-state index in [1.54, 1.807) is 0 Å². The smallest absolute Gasteiger partial charge is 0.150 e. The fourth-order valence-corrected chi connectivity index (χ4v) is 4.37. The Hall–Kier alpha value is -1.81. The molecule has 3 rings (SSSR count). The molecular weight excluding hydrogens is 322 g/mol. The number of piperidine rings is 2. The zero-order valence-electron chi connectivity index (χ0n) is 16.5. The fourth-order valence-electron chi connectivity index (χ4n) is 4.37. The van der Waals surface area contributed by atoms with Gasteiger partial charge in [0.2, 0.25) is 0 Å². The van der Waals surface area contributed by atoms with Crippen molar-refractivity contribution < 1.29 is 4.79 Å². The van der Waals surface area contributed by atoms with E-state index in [-0.39, 0.29) is 0 Å².